The third-order valence-corrected chi connectivity index (χ3v) is 5.10. The van der Waals surface area contributed by atoms with Crippen LogP contribution < -0.4 is 5.73 Å². The van der Waals surface area contributed by atoms with Gasteiger partial charge in [0.2, 0.25) is 0 Å². The monoisotopic (exact) mass is 252 g/mol. The van der Waals surface area contributed by atoms with Crippen LogP contribution in [0.25, 0.3) is 0 Å². The molecule has 2 N–H and O–H groups in total. The van der Waals surface area contributed by atoms with Crippen LogP contribution in [-0.4, -0.2) is 30.6 Å². The molecule has 1 saturated heterocycles. The Bertz CT molecular complexity index is 262. The highest BCUT2D eigenvalue weighted by Gasteiger charge is 2.34. The second-order valence-electron chi connectivity index (χ2n) is 7.54. The average Bonchev–Trinajstić information content (AvgIpc) is 2.63. The minimum absolute atomic E-state index is 0.460. The summed E-state index contributed by atoms with van der Waals surface area (Å²) in [6, 6.07) is 0.460. The smallest absolute Gasteiger partial charge is 0.00795 e. The summed E-state index contributed by atoms with van der Waals surface area (Å²) in [6.07, 6.45) is 8.11. The van der Waals surface area contributed by atoms with Gasteiger partial charge in [-0.3, -0.25) is 0 Å². The fraction of sp³-hybridized carbons (Fsp3) is 1.00. The molecule has 2 aliphatic rings. The van der Waals surface area contributed by atoms with Crippen molar-refractivity contribution in [1.82, 2.24) is 4.90 Å². The molecule has 18 heavy (non-hydrogen) atoms. The Morgan fingerprint density at radius 1 is 1.28 bits per heavy atom. The molecule has 2 nitrogen and oxygen atoms in total. The lowest BCUT2D eigenvalue weighted by Gasteiger charge is -2.36. The zero-order chi connectivity index (χ0) is 13.2. The topological polar surface area (TPSA) is 29.3 Å². The SMILES string of the molecule is CCCC1CCC(N)C(CN2CCC(C)(C)C2)C1. The molecule has 0 aromatic carbocycles. The van der Waals surface area contributed by atoms with Gasteiger partial charge < -0.3 is 10.6 Å². The maximum Gasteiger partial charge on any atom is 0.00795 e. The van der Waals surface area contributed by atoms with Crippen molar-refractivity contribution in [2.45, 2.75) is 65.3 Å². The van der Waals surface area contributed by atoms with Crippen LogP contribution in [0, 0.1) is 17.3 Å². The number of rotatable bonds is 4. The van der Waals surface area contributed by atoms with Crippen LogP contribution in [0.2, 0.25) is 0 Å². The summed E-state index contributed by atoms with van der Waals surface area (Å²) in [5, 5.41) is 0. The van der Waals surface area contributed by atoms with Crippen molar-refractivity contribution in [3.63, 3.8) is 0 Å². The summed E-state index contributed by atoms with van der Waals surface area (Å²) in [4.78, 5) is 2.67. The molecule has 1 aliphatic heterocycles. The summed E-state index contributed by atoms with van der Waals surface area (Å²) < 4.78 is 0. The van der Waals surface area contributed by atoms with Gasteiger partial charge in [0.15, 0.2) is 0 Å². The predicted molar refractivity (Wildman–Crippen MR) is 78.6 cm³/mol. The Morgan fingerprint density at radius 2 is 2.06 bits per heavy atom. The van der Waals surface area contributed by atoms with Crippen molar-refractivity contribution >= 4 is 0 Å². The minimum atomic E-state index is 0.460. The Balaban J connectivity index is 1.83. The fourth-order valence-electron chi connectivity index (χ4n) is 3.98. The number of hydrogen-bond donors (Lipinski definition) is 1. The van der Waals surface area contributed by atoms with Crippen LogP contribution in [-0.2, 0) is 0 Å². The maximum absolute atomic E-state index is 6.36. The third kappa shape index (κ3) is 3.71. The van der Waals surface area contributed by atoms with Gasteiger partial charge in [0, 0.05) is 19.1 Å². The zero-order valence-corrected chi connectivity index (χ0v) is 12.6. The largest absolute Gasteiger partial charge is 0.327 e. The average molecular weight is 252 g/mol. The summed E-state index contributed by atoms with van der Waals surface area (Å²) in [6.45, 7) is 10.9. The highest BCUT2D eigenvalue weighted by Crippen LogP contribution is 2.34. The van der Waals surface area contributed by atoms with Gasteiger partial charge in [0.25, 0.3) is 0 Å². The van der Waals surface area contributed by atoms with E-state index in [0.29, 0.717) is 11.5 Å². The molecule has 3 atom stereocenters. The zero-order valence-electron chi connectivity index (χ0n) is 12.6. The van der Waals surface area contributed by atoms with E-state index in [1.807, 2.05) is 0 Å². The van der Waals surface area contributed by atoms with E-state index in [1.54, 1.807) is 0 Å². The van der Waals surface area contributed by atoms with E-state index < -0.39 is 0 Å². The molecule has 2 fully saturated rings. The molecule has 1 saturated carbocycles. The van der Waals surface area contributed by atoms with Gasteiger partial charge in [-0.1, -0.05) is 33.6 Å². The van der Waals surface area contributed by atoms with Crippen LogP contribution >= 0.6 is 0 Å². The molecule has 106 valence electrons. The molecule has 0 aromatic heterocycles. The standard InChI is InChI=1S/C16H32N2/c1-4-5-13-6-7-15(17)14(10-13)11-18-9-8-16(2,3)12-18/h13-15H,4-12,17H2,1-3H3. The first-order valence-electron chi connectivity index (χ1n) is 7.98. The Kier molecular flexibility index (Phi) is 4.71. The first-order valence-corrected chi connectivity index (χ1v) is 7.98. The molecule has 1 heterocycles. The van der Waals surface area contributed by atoms with Gasteiger partial charge in [0.1, 0.15) is 0 Å². The van der Waals surface area contributed by atoms with Gasteiger partial charge >= 0.3 is 0 Å². The van der Waals surface area contributed by atoms with Crippen LogP contribution in [0.3, 0.4) is 0 Å². The Labute approximate surface area is 113 Å². The number of likely N-dealkylation sites (tertiary alicyclic amines) is 1. The van der Waals surface area contributed by atoms with Crippen molar-refractivity contribution in [2.75, 3.05) is 19.6 Å². The van der Waals surface area contributed by atoms with Crippen molar-refractivity contribution in [3.05, 3.63) is 0 Å². The molecule has 0 spiro atoms. The lowest BCUT2D eigenvalue weighted by Crippen LogP contribution is -2.42. The molecule has 2 rings (SSSR count). The Morgan fingerprint density at radius 3 is 2.67 bits per heavy atom. The van der Waals surface area contributed by atoms with Gasteiger partial charge in [-0.25, -0.2) is 0 Å². The molecule has 0 amide bonds. The molecular formula is C16H32N2. The molecule has 0 aromatic rings. The highest BCUT2D eigenvalue weighted by molar-refractivity contribution is 4.88. The Hall–Kier alpha value is -0.0800. The lowest BCUT2D eigenvalue weighted by molar-refractivity contribution is 0.161. The fourth-order valence-corrected chi connectivity index (χ4v) is 3.98. The normalized spacial score (nSPS) is 37.0. The molecule has 0 radical (unpaired) electrons. The van der Waals surface area contributed by atoms with E-state index in [4.69, 9.17) is 5.73 Å². The van der Waals surface area contributed by atoms with E-state index in [-0.39, 0.29) is 0 Å². The third-order valence-electron chi connectivity index (χ3n) is 5.10. The summed E-state index contributed by atoms with van der Waals surface area (Å²) in [7, 11) is 0. The van der Waals surface area contributed by atoms with Crippen LogP contribution in [0.15, 0.2) is 0 Å². The van der Waals surface area contributed by atoms with Gasteiger partial charge in [-0.05, 0) is 49.5 Å². The molecular weight excluding hydrogens is 220 g/mol. The van der Waals surface area contributed by atoms with Crippen LogP contribution in [0.1, 0.15) is 59.3 Å². The molecule has 2 heteroatoms. The molecule has 3 unspecified atom stereocenters. The van der Waals surface area contributed by atoms with E-state index >= 15 is 0 Å². The number of nitrogens with two attached hydrogens (primary N) is 1. The van der Waals surface area contributed by atoms with Crippen molar-refractivity contribution < 1.29 is 0 Å². The molecule has 0 bridgehead atoms. The number of hydrogen-bond acceptors (Lipinski definition) is 2. The van der Waals surface area contributed by atoms with Crippen molar-refractivity contribution in [3.8, 4) is 0 Å². The van der Waals surface area contributed by atoms with Crippen LogP contribution in [0.5, 0.6) is 0 Å². The first kappa shape index (κ1) is 14.3. The molecule has 1 aliphatic carbocycles. The predicted octanol–water partition coefficient (Wildman–Crippen LogP) is 3.26. The number of nitrogens with zero attached hydrogens (tertiary/aromatic N) is 1. The highest BCUT2D eigenvalue weighted by atomic mass is 15.2. The van der Waals surface area contributed by atoms with Crippen LogP contribution in [0.4, 0.5) is 0 Å². The van der Waals surface area contributed by atoms with E-state index in [2.05, 4.69) is 25.7 Å². The quantitative estimate of drug-likeness (QED) is 0.832. The summed E-state index contributed by atoms with van der Waals surface area (Å²) in [5.74, 6) is 1.71. The van der Waals surface area contributed by atoms with E-state index in [0.717, 1.165) is 11.8 Å². The van der Waals surface area contributed by atoms with Gasteiger partial charge in [-0.2, -0.15) is 0 Å². The maximum atomic E-state index is 6.36. The lowest BCUT2D eigenvalue weighted by atomic mass is 9.76. The first-order chi connectivity index (χ1) is 8.50. The summed E-state index contributed by atoms with van der Waals surface area (Å²) in [5.41, 5.74) is 6.89. The van der Waals surface area contributed by atoms with Crippen molar-refractivity contribution in [1.29, 1.82) is 0 Å². The van der Waals surface area contributed by atoms with E-state index in [1.165, 1.54) is 58.2 Å². The van der Waals surface area contributed by atoms with Gasteiger partial charge in [-0.15, -0.1) is 0 Å². The second kappa shape index (κ2) is 5.92. The summed E-state index contributed by atoms with van der Waals surface area (Å²) >= 11 is 0. The second-order valence-corrected chi connectivity index (χ2v) is 7.54. The van der Waals surface area contributed by atoms with Gasteiger partial charge in [0.05, 0.1) is 0 Å². The van der Waals surface area contributed by atoms with Crippen molar-refractivity contribution in [2.24, 2.45) is 23.0 Å². The minimum Gasteiger partial charge on any atom is -0.327 e. The van der Waals surface area contributed by atoms with E-state index in [9.17, 15) is 0 Å².